The Balaban J connectivity index is 3.51. The Morgan fingerprint density at radius 2 is 2.07 bits per heavy atom. The highest BCUT2D eigenvalue weighted by Gasteiger charge is 2.24. The molecule has 0 amide bonds. The molecule has 1 aromatic rings. The van der Waals surface area contributed by atoms with Crippen LogP contribution in [0.5, 0.6) is 0 Å². The Hall–Kier alpha value is -1.67. The van der Waals surface area contributed by atoms with Gasteiger partial charge >= 0.3 is 0 Å². The standard InChI is InChI=1S/C7H9N3O4S/c1-9-15(13,14)7-4-5(8)2-3-6(7)10(11)12/h2-4,9H,8H2,1H3. The normalized spacial score (nSPS) is 11.3. The molecule has 0 fully saturated rings. The number of nitrogens with two attached hydrogens (primary N) is 1. The number of nitro groups is 1. The van der Waals surface area contributed by atoms with Gasteiger partial charge in [0.05, 0.1) is 4.92 Å². The van der Waals surface area contributed by atoms with Gasteiger partial charge in [-0.05, 0) is 19.2 Å². The first-order chi connectivity index (χ1) is 6.88. The molecule has 0 aliphatic heterocycles. The lowest BCUT2D eigenvalue weighted by atomic mass is 10.3. The number of hydrogen-bond donors (Lipinski definition) is 2. The Morgan fingerprint density at radius 3 is 2.53 bits per heavy atom. The lowest BCUT2D eigenvalue weighted by molar-refractivity contribution is -0.387. The van der Waals surface area contributed by atoms with Crippen LogP contribution in [0.25, 0.3) is 0 Å². The fraction of sp³-hybridized carbons (Fsp3) is 0.143. The molecular formula is C7H9N3O4S. The summed E-state index contributed by atoms with van der Waals surface area (Å²) in [5, 5.41) is 10.6. The van der Waals surface area contributed by atoms with Gasteiger partial charge in [0, 0.05) is 11.8 Å². The molecule has 0 aliphatic rings. The van der Waals surface area contributed by atoms with Gasteiger partial charge in [-0.15, -0.1) is 0 Å². The fourth-order valence-electron chi connectivity index (χ4n) is 1.01. The smallest absolute Gasteiger partial charge is 0.289 e. The van der Waals surface area contributed by atoms with Crippen molar-refractivity contribution < 1.29 is 13.3 Å². The van der Waals surface area contributed by atoms with Gasteiger partial charge in [-0.25, -0.2) is 13.1 Å². The number of nitrogens with one attached hydrogen (secondary N) is 1. The quantitative estimate of drug-likeness (QED) is 0.434. The topological polar surface area (TPSA) is 115 Å². The maximum atomic E-state index is 11.4. The maximum Gasteiger partial charge on any atom is 0.289 e. The van der Waals surface area contributed by atoms with E-state index in [4.69, 9.17) is 5.73 Å². The second kappa shape index (κ2) is 3.83. The minimum atomic E-state index is -3.87. The number of nitro benzene ring substituents is 1. The molecule has 1 rings (SSSR count). The van der Waals surface area contributed by atoms with Gasteiger partial charge in [-0.2, -0.15) is 0 Å². The van der Waals surface area contributed by atoms with E-state index in [1.807, 2.05) is 4.72 Å². The average Bonchev–Trinajstić information content (AvgIpc) is 2.17. The molecule has 0 aromatic heterocycles. The maximum absolute atomic E-state index is 11.4. The zero-order chi connectivity index (χ0) is 11.6. The Labute approximate surface area is 86.1 Å². The molecule has 0 unspecified atom stereocenters. The van der Waals surface area contributed by atoms with Crippen LogP contribution in [0.3, 0.4) is 0 Å². The third-order valence-corrected chi connectivity index (χ3v) is 3.18. The largest absolute Gasteiger partial charge is 0.399 e. The van der Waals surface area contributed by atoms with Crippen LogP contribution < -0.4 is 10.5 Å². The summed E-state index contributed by atoms with van der Waals surface area (Å²) < 4.78 is 24.8. The van der Waals surface area contributed by atoms with Crippen molar-refractivity contribution in [3.8, 4) is 0 Å². The van der Waals surface area contributed by atoms with E-state index in [0.29, 0.717) is 0 Å². The van der Waals surface area contributed by atoms with E-state index in [9.17, 15) is 18.5 Å². The average molecular weight is 231 g/mol. The lowest BCUT2D eigenvalue weighted by Crippen LogP contribution is -2.20. The molecule has 0 heterocycles. The van der Waals surface area contributed by atoms with Crippen molar-refractivity contribution >= 4 is 21.4 Å². The van der Waals surface area contributed by atoms with Crippen molar-refractivity contribution in [2.75, 3.05) is 12.8 Å². The van der Waals surface area contributed by atoms with E-state index in [0.717, 1.165) is 12.1 Å². The molecule has 0 aliphatic carbocycles. The van der Waals surface area contributed by atoms with Crippen LogP contribution in [0.15, 0.2) is 23.1 Å². The van der Waals surface area contributed by atoms with E-state index < -0.39 is 25.5 Å². The summed E-state index contributed by atoms with van der Waals surface area (Å²) in [5.74, 6) is 0. The Bertz CT molecular complexity index is 497. The van der Waals surface area contributed by atoms with Crippen LogP contribution in [0.2, 0.25) is 0 Å². The summed E-state index contributed by atoms with van der Waals surface area (Å²) >= 11 is 0. The van der Waals surface area contributed by atoms with E-state index in [1.165, 1.54) is 13.1 Å². The van der Waals surface area contributed by atoms with Gasteiger partial charge in [-0.3, -0.25) is 10.1 Å². The monoisotopic (exact) mass is 231 g/mol. The minimum Gasteiger partial charge on any atom is -0.399 e. The fourth-order valence-corrected chi connectivity index (χ4v) is 1.94. The second-order valence-electron chi connectivity index (χ2n) is 2.69. The van der Waals surface area contributed by atoms with Gasteiger partial charge in [-0.1, -0.05) is 0 Å². The lowest BCUT2D eigenvalue weighted by Gasteiger charge is -2.04. The summed E-state index contributed by atoms with van der Waals surface area (Å²) in [4.78, 5) is 9.36. The number of anilines is 1. The highest BCUT2D eigenvalue weighted by Crippen LogP contribution is 2.25. The van der Waals surface area contributed by atoms with Gasteiger partial charge < -0.3 is 5.73 Å². The Morgan fingerprint density at radius 1 is 1.47 bits per heavy atom. The third-order valence-electron chi connectivity index (χ3n) is 1.74. The van der Waals surface area contributed by atoms with Crippen molar-refractivity contribution in [1.29, 1.82) is 0 Å². The van der Waals surface area contributed by atoms with E-state index >= 15 is 0 Å². The molecule has 0 saturated heterocycles. The molecule has 1 aromatic carbocycles. The van der Waals surface area contributed by atoms with Gasteiger partial charge in [0.25, 0.3) is 5.69 Å². The molecule has 82 valence electrons. The van der Waals surface area contributed by atoms with Crippen molar-refractivity contribution in [3.63, 3.8) is 0 Å². The van der Waals surface area contributed by atoms with Crippen LogP contribution in [0.1, 0.15) is 0 Å². The van der Waals surface area contributed by atoms with Crippen LogP contribution in [-0.2, 0) is 10.0 Å². The number of sulfonamides is 1. The van der Waals surface area contributed by atoms with Crippen molar-refractivity contribution in [2.45, 2.75) is 4.90 Å². The molecule has 0 bridgehead atoms. The van der Waals surface area contributed by atoms with Crippen LogP contribution in [-0.4, -0.2) is 20.4 Å². The minimum absolute atomic E-state index is 0.148. The first-order valence-electron chi connectivity index (χ1n) is 3.86. The van der Waals surface area contributed by atoms with E-state index in [2.05, 4.69) is 0 Å². The summed E-state index contributed by atoms with van der Waals surface area (Å²) in [5.41, 5.74) is 5.01. The highest BCUT2D eigenvalue weighted by molar-refractivity contribution is 7.89. The summed E-state index contributed by atoms with van der Waals surface area (Å²) in [6.07, 6.45) is 0. The Kier molecular flexibility index (Phi) is 2.91. The van der Waals surface area contributed by atoms with Gasteiger partial charge in [0.2, 0.25) is 10.0 Å². The van der Waals surface area contributed by atoms with Gasteiger partial charge in [0.15, 0.2) is 4.90 Å². The molecule has 0 radical (unpaired) electrons. The number of nitrogen functional groups attached to an aromatic ring is 1. The molecule has 15 heavy (non-hydrogen) atoms. The molecule has 3 N–H and O–H groups in total. The van der Waals surface area contributed by atoms with E-state index in [-0.39, 0.29) is 5.69 Å². The molecular weight excluding hydrogens is 222 g/mol. The highest BCUT2D eigenvalue weighted by atomic mass is 32.2. The molecule has 0 atom stereocenters. The number of hydrogen-bond acceptors (Lipinski definition) is 5. The second-order valence-corrected chi connectivity index (χ2v) is 4.55. The van der Waals surface area contributed by atoms with Crippen molar-refractivity contribution in [1.82, 2.24) is 4.72 Å². The number of benzene rings is 1. The summed E-state index contributed by atoms with van der Waals surface area (Å²) in [7, 11) is -2.70. The van der Waals surface area contributed by atoms with Crippen molar-refractivity contribution in [3.05, 3.63) is 28.3 Å². The zero-order valence-corrected chi connectivity index (χ0v) is 8.61. The molecule has 8 heteroatoms. The SMILES string of the molecule is CNS(=O)(=O)c1cc(N)ccc1[N+](=O)[O-]. The van der Waals surface area contributed by atoms with Gasteiger partial charge in [0.1, 0.15) is 0 Å². The van der Waals surface area contributed by atoms with Crippen LogP contribution in [0.4, 0.5) is 11.4 Å². The first-order valence-corrected chi connectivity index (χ1v) is 5.34. The number of nitrogens with zero attached hydrogens (tertiary/aromatic N) is 1. The first kappa shape index (κ1) is 11.4. The molecule has 0 spiro atoms. The number of rotatable bonds is 3. The summed E-state index contributed by atoms with van der Waals surface area (Å²) in [6, 6.07) is 3.37. The van der Waals surface area contributed by atoms with Crippen LogP contribution in [0, 0.1) is 10.1 Å². The molecule has 7 nitrogen and oxygen atoms in total. The predicted molar refractivity (Wildman–Crippen MR) is 53.8 cm³/mol. The molecule has 0 saturated carbocycles. The van der Waals surface area contributed by atoms with E-state index in [1.54, 1.807) is 0 Å². The predicted octanol–water partition coefficient (Wildman–Crippen LogP) is 0.0851. The summed E-state index contributed by atoms with van der Waals surface area (Å²) in [6.45, 7) is 0. The third kappa shape index (κ3) is 2.22. The van der Waals surface area contributed by atoms with Crippen molar-refractivity contribution in [2.24, 2.45) is 0 Å². The zero-order valence-electron chi connectivity index (χ0n) is 7.80. The van der Waals surface area contributed by atoms with Crippen LogP contribution >= 0.6 is 0 Å².